The van der Waals surface area contributed by atoms with E-state index in [9.17, 15) is 4.79 Å². The third-order valence-corrected chi connectivity index (χ3v) is 2.24. The molecule has 0 aromatic heterocycles. The fourth-order valence-electron chi connectivity index (χ4n) is 1.55. The minimum absolute atomic E-state index is 0. The molecule has 5 heteroatoms. The first-order valence-corrected chi connectivity index (χ1v) is 4.95. The van der Waals surface area contributed by atoms with Crippen LogP contribution < -0.4 is 10.1 Å². The number of hydrogen-bond acceptors (Lipinski definition) is 3. The van der Waals surface area contributed by atoms with Crippen molar-refractivity contribution in [2.75, 3.05) is 13.2 Å². The molecular weight excluding hydrogens is 230 g/mol. The summed E-state index contributed by atoms with van der Waals surface area (Å²) in [7, 11) is 0. The molecule has 0 radical (unpaired) electrons. The van der Waals surface area contributed by atoms with Gasteiger partial charge in [0.1, 0.15) is 12.4 Å². The molecule has 16 heavy (non-hydrogen) atoms. The molecule has 0 bridgehead atoms. The number of carbonyl (C=O) groups is 1. The van der Waals surface area contributed by atoms with Gasteiger partial charge >= 0.3 is 6.09 Å². The molecule has 1 fully saturated rings. The molecule has 0 unspecified atom stereocenters. The summed E-state index contributed by atoms with van der Waals surface area (Å²) >= 11 is 0. The standard InChI is InChI=1S/C11H13NO3.ClH/c1-2-14-9-5-3-4-8(6-9)10-7-15-11(13)12-10;/h3-6,10H,2,7H2,1H3,(H,12,13);1H/t10-;/m0./s1. The Hall–Kier alpha value is -1.42. The molecule has 1 atom stereocenters. The smallest absolute Gasteiger partial charge is 0.407 e. The molecular formula is C11H14ClNO3. The maximum Gasteiger partial charge on any atom is 0.407 e. The van der Waals surface area contributed by atoms with Crippen LogP contribution in [0.3, 0.4) is 0 Å². The number of benzene rings is 1. The summed E-state index contributed by atoms with van der Waals surface area (Å²) in [5.74, 6) is 0.816. The average Bonchev–Trinajstić information content (AvgIpc) is 2.66. The monoisotopic (exact) mass is 243 g/mol. The number of rotatable bonds is 3. The van der Waals surface area contributed by atoms with Gasteiger partial charge < -0.3 is 14.8 Å². The first kappa shape index (κ1) is 12.6. The highest BCUT2D eigenvalue weighted by Crippen LogP contribution is 2.22. The van der Waals surface area contributed by atoms with Crippen LogP contribution in [0.25, 0.3) is 0 Å². The largest absolute Gasteiger partial charge is 0.494 e. The van der Waals surface area contributed by atoms with Gasteiger partial charge in [-0.25, -0.2) is 4.79 Å². The van der Waals surface area contributed by atoms with Gasteiger partial charge in [-0.1, -0.05) is 12.1 Å². The van der Waals surface area contributed by atoms with Crippen molar-refractivity contribution >= 4 is 18.5 Å². The highest BCUT2D eigenvalue weighted by Gasteiger charge is 2.23. The fraction of sp³-hybridized carbons (Fsp3) is 0.364. The SMILES string of the molecule is CCOc1cccc([C@@H]2COC(=O)N2)c1.Cl. The lowest BCUT2D eigenvalue weighted by molar-refractivity contribution is 0.177. The molecule has 1 amide bonds. The maximum absolute atomic E-state index is 10.9. The third-order valence-electron chi connectivity index (χ3n) is 2.24. The van der Waals surface area contributed by atoms with E-state index in [4.69, 9.17) is 9.47 Å². The lowest BCUT2D eigenvalue weighted by Gasteiger charge is -2.09. The zero-order valence-corrected chi connectivity index (χ0v) is 9.75. The van der Waals surface area contributed by atoms with Gasteiger partial charge in [-0.15, -0.1) is 12.4 Å². The Balaban J connectivity index is 0.00000128. The zero-order valence-electron chi connectivity index (χ0n) is 8.93. The third kappa shape index (κ3) is 2.79. The van der Waals surface area contributed by atoms with Crippen molar-refractivity contribution in [3.63, 3.8) is 0 Å². The Morgan fingerprint density at radius 3 is 3.00 bits per heavy atom. The molecule has 88 valence electrons. The normalized spacial score (nSPS) is 18.3. The van der Waals surface area contributed by atoms with Gasteiger partial charge in [0.25, 0.3) is 0 Å². The van der Waals surface area contributed by atoms with E-state index in [1.165, 1.54) is 0 Å². The van der Waals surface area contributed by atoms with Crippen LogP contribution in [0.4, 0.5) is 4.79 Å². The van der Waals surface area contributed by atoms with Gasteiger partial charge in [0.2, 0.25) is 0 Å². The topological polar surface area (TPSA) is 47.6 Å². The van der Waals surface area contributed by atoms with Crippen molar-refractivity contribution in [3.8, 4) is 5.75 Å². The van der Waals surface area contributed by atoms with Crippen molar-refractivity contribution in [2.45, 2.75) is 13.0 Å². The van der Waals surface area contributed by atoms with Crippen molar-refractivity contribution in [1.29, 1.82) is 0 Å². The summed E-state index contributed by atoms with van der Waals surface area (Å²) in [6.07, 6.45) is -0.359. The summed E-state index contributed by atoms with van der Waals surface area (Å²) in [5.41, 5.74) is 1.01. The molecule has 1 aliphatic rings. The van der Waals surface area contributed by atoms with E-state index in [2.05, 4.69) is 5.32 Å². The van der Waals surface area contributed by atoms with E-state index in [1.54, 1.807) is 0 Å². The maximum atomic E-state index is 10.9. The second kappa shape index (κ2) is 5.61. The Bertz CT molecular complexity index is 370. The van der Waals surface area contributed by atoms with Crippen molar-refractivity contribution in [1.82, 2.24) is 5.32 Å². The summed E-state index contributed by atoms with van der Waals surface area (Å²) in [4.78, 5) is 10.9. The fourth-order valence-corrected chi connectivity index (χ4v) is 1.55. The van der Waals surface area contributed by atoms with E-state index in [1.807, 2.05) is 31.2 Å². The van der Waals surface area contributed by atoms with Gasteiger partial charge in [-0.3, -0.25) is 0 Å². The van der Waals surface area contributed by atoms with Crippen LogP contribution in [0, 0.1) is 0 Å². The number of halogens is 1. The van der Waals surface area contributed by atoms with E-state index in [0.29, 0.717) is 13.2 Å². The quantitative estimate of drug-likeness (QED) is 0.886. The summed E-state index contributed by atoms with van der Waals surface area (Å²) in [6, 6.07) is 7.61. The molecule has 0 saturated carbocycles. The number of alkyl carbamates (subject to hydrolysis) is 1. The first-order chi connectivity index (χ1) is 7.29. The number of hydrogen-bond donors (Lipinski definition) is 1. The van der Waals surface area contributed by atoms with Crippen LogP contribution in [0.5, 0.6) is 5.75 Å². The van der Waals surface area contributed by atoms with E-state index in [0.717, 1.165) is 11.3 Å². The summed E-state index contributed by atoms with van der Waals surface area (Å²) in [5, 5.41) is 2.72. The van der Waals surface area contributed by atoms with Gasteiger partial charge in [0.15, 0.2) is 0 Å². The van der Waals surface area contributed by atoms with Crippen LogP contribution in [-0.2, 0) is 4.74 Å². The molecule has 1 aromatic carbocycles. The van der Waals surface area contributed by atoms with Gasteiger partial charge in [-0.2, -0.15) is 0 Å². The molecule has 0 aliphatic carbocycles. The van der Waals surface area contributed by atoms with Crippen molar-refractivity contribution in [3.05, 3.63) is 29.8 Å². The average molecular weight is 244 g/mol. The Labute approximate surface area is 100 Å². The lowest BCUT2D eigenvalue weighted by Crippen LogP contribution is -2.18. The Kier molecular flexibility index (Phi) is 4.43. The van der Waals surface area contributed by atoms with Gasteiger partial charge in [0.05, 0.1) is 12.6 Å². The zero-order chi connectivity index (χ0) is 10.7. The number of cyclic esters (lactones) is 1. The van der Waals surface area contributed by atoms with Crippen molar-refractivity contribution < 1.29 is 14.3 Å². The lowest BCUT2D eigenvalue weighted by atomic mass is 10.1. The minimum Gasteiger partial charge on any atom is -0.494 e. The molecule has 0 spiro atoms. The van der Waals surface area contributed by atoms with Gasteiger partial charge in [0, 0.05) is 0 Å². The molecule has 1 aliphatic heterocycles. The predicted octanol–water partition coefficient (Wildman–Crippen LogP) is 2.29. The van der Waals surface area contributed by atoms with Crippen LogP contribution >= 0.6 is 12.4 Å². The van der Waals surface area contributed by atoms with Crippen molar-refractivity contribution in [2.24, 2.45) is 0 Å². The molecule has 1 saturated heterocycles. The molecule has 1 heterocycles. The molecule has 2 rings (SSSR count). The number of carbonyl (C=O) groups excluding carboxylic acids is 1. The number of amides is 1. The van der Waals surface area contributed by atoms with Crippen LogP contribution in [0.15, 0.2) is 24.3 Å². The van der Waals surface area contributed by atoms with Crippen LogP contribution in [0.1, 0.15) is 18.5 Å². The predicted molar refractivity (Wildman–Crippen MR) is 62.1 cm³/mol. The van der Waals surface area contributed by atoms with E-state index < -0.39 is 0 Å². The number of nitrogens with one attached hydrogen (secondary N) is 1. The van der Waals surface area contributed by atoms with Crippen LogP contribution in [0.2, 0.25) is 0 Å². The minimum atomic E-state index is -0.359. The molecule has 4 nitrogen and oxygen atoms in total. The first-order valence-electron chi connectivity index (χ1n) is 4.95. The Morgan fingerprint density at radius 2 is 2.38 bits per heavy atom. The van der Waals surface area contributed by atoms with Crippen LogP contribution in [-0.4, -0.2) is 19.3 Å². The molecule has 1 aromatic rings. The van der Waals surface area contributed by atoms with E-state index >= 15 is 0 Å². The Morgan fingerprint density at radius 1 is 1.56 bits per heavy atom. The second-order valence-electron chi connectivity index (χ2n) is 3.30. The molecule has 1 N–H and O–H groups in total. The number of ether oxygens (including phenoxy) is 2. The highest BCUT2D eigenvalue weighted by molar-refractivity contribution is 5.85. The van der Waals surface area contributed by atoms with Gasteiger partial charge in [-0.05, 0) is 24.6 Å². The second-order valence-corrected chi connectivity index (χ2v) is 3.30. The highest BCUT2D eigenvalue weighted by atomic mass is 35.5. The van der Waals surface area contributed by atoms with E-state index in [-0.39, 0.29) is 24.5 Å². The summed E-state index contributed by atoms with van der Waals surface area (Å²) in [6.45, 7) is 2.96. The summed E-state index contributed by atoms with van der Waals surface area (Å²) < 4.78 is 10.2.